The third-order valence-electron chi connectivity index (χ3n) is 2.57. The maximum absolute atomic E-state index is 11.7. The maximum Gasteiger partial charge on any atom is 0.326 e. The Bertz CT molecular complexity index is 474. The Hall–Kier alpha value is -1.62. The van der Waals surface area contributed by atoms with E-state index >= 15 is 0 Å². The van der Waals surface area contributed by atoms with Crippen LogP contribution in [-0.4, -0.2) is 23.0 Å². The largest absolute Gasteiger partial charge is 0.480 e. The van der Waals surface area contributed by atoms with Gasteiger partial charge in [0.05, 0.1) is 0 Å². The minimum absolute atomic E-state index is 0.220. The average molecular weight is 326 g/mol. The number of benzene rings is 1. The van der Waals surface area contributed by atoms with Gasteiger partial charge in [0.1, 0.15) is 6.04 Å². The van der Waals surface area contributed by atoms with Crippen molar-refractivity contribution in [3.8, 4) is 0 Å². The average Bonchev–Trinajstić information content (AvgIpc) is 2.36. The Morgan fingerprint density at radius 3 is 2.79 bits per heavy atom. The molecule has 1 amide bonds. The summed E-state index contributed by atoms with van der Waals surface area (Å²) in [5.41, 5.74) is 1.03. The zero-order valence-electron chi connectivity index (χ0n) is 10.4. The van der Waals surface area contributed by atoms with Gasteiger partial charge >= 0.3 is 5.97 Å². The van der Waals surface area contributed by atoms with E-state index in [1.165, 1.54) is 6.08 Å². The molecule has 0 spiro atoms. The zero-order valence-corrected chi connectivity index (χ0v) is 12.0. The second-order valence-corrected chi connectivity index (χ2v) is 5.03. The molecule has 1 rings (SSSR count). The van der Waals surface area contributed by atoms with Crippen molar-refractivity contribution in [1.29, 1.82) is 0 Å². The van der Waals surface area contributed by atoms with E-state index in [1.54, 1.807) is 0 Å². The molecule has 2 N–H and O–H groups in total. The van der Waals surface area contributed by atoms with Crippen molar-refractivity contribution in [2.24, 2.45) is 0 Å². The Kier molecular flexibility index (Phi) is 6.29. The first-order valence-electron chi connectivity index (χ1n) is 5.90. The van der Waals surface area contributed by atoms with Crippen molar-refractivity contribution in [2.75, 3.05) is 0 Å². The van der Waals surface area contributed by atoms with E-state index in [9.17, 15) is 9.59 Å². The summed E-state index contributed by atoms with van der Waals surface area (Å²) >= 11 is 3.36. The van der Waals surface area contributed by atoms with Crippen LogP contribution in [0.5, 0.6) is 0 Å². The van der Waals surface area contributed by atoms with Gasteiger partial charge in [0.2, 0.25) is 5.91 Å². The standard InChI is InChI=1S/C14H16BrNO3/c1-2-4-12(14(18)19)16-13(17)8-7-10-5-3-6-11(15)9-10/h2-3,5-6,9,12H,1,4,7-8H2,(H,16,17)(H,18,19). The lowest BCUT2D eigenvalue weighted by atomic mass is 10.1. The fraction of sp³-hybridized carbons (Fsp3) is 0.286. The van der Waals surface area contributed by atoms with Gasteiger partial charge in [0.25, 0.3) is 0 Å². The fourth-order valence-electron chi connectivity index (χ4n) is 1.60. The van der Waals surface area contributed by atoms with Crippen LogP contribution < -0.4 is 5.32 Å². The highest BCUT2D eigenvalue weighted by molar-refractivity contribution is 9.10. The van der Waals surface area contributed by atoms with Crippen LogP contribution in [0, 0.1) is 0 Å². The molecule has 0 heterocycles. The lowest BCUT2D eigenvalue weighted by molar-refractivity contribution is -0.141. The molecule has 5 heteroatoms. The van der Waals surface area contributed by atoms with Crippen molar-refractivity contribution in [3.05, 3.63) is 47.0 Å². The van der Waals surface area contributed by atoms with Crippen LogP contribution in [0.15, 0.2) is 41.4 Å². The van der Waals surface area contributed by atoms with Gasteiger partial charge in [0.15, 0.2) is 0 Å². The van der Waals surface area contributed by atoms with Crippen LogP contribution in [0.2, 0.25) is 0 Å². The number of aryl methyl sites for hydroxylation is 1. The molecular weight excluding hydrogens is 310 g/mol. The van der Waals surface area contributed by atoms with Crippen LogP contribution >= 0.6 is 15.9 Å². The van der Waals surface area contributed by atoms with Crippen molar-refractivity contribution in [1.82, 2.24) is 5.32 Å². The predicted octanol–water partition coefficient (Wildman–Crippen LogP) is 2.53. The lowest BCUT2D eigenvalue weighted by Crippen LogP contribution is -2.40. The van der Waals surface area contributed by atoms with Gasteiger partial charge in [-0.25, -0.2) is 4.79 Å². The first-order valence-corrected chi connectivity index (χ1v) is 6.69. The molecule has 102 valence electrons. The van der Waals surface area contributed by atoms with E-state index < -0.39 is 12.0 Å². The van der Waals surface area contributed by atoms with Crippen LogP contribution in [0.25, 0.3) is 0 Å². The molecule has 19 heavy (non-hydrogen) atoms. The van der Waals surface area contributed by atoms with Gasteiger partial charge in [-0.15, -0.1) is 6.58 Å². The summed E-state index contributed by atoms with van der Waals surface area (Å²) in [5.74, 6) is -1.31. The number of carboxylic acids is 1. The van der Waals surface area contributed by atoms with E-state index in [0.29, 0.717) is 6.42 Å². The smallest absolute Gasteiger partial charge is 0.326 e. The molecule has 4 nitrogen and oxygen atoms in total. The number of carboxylic acid groups (broad SMARTS) is 1. The van der Waals surface area contributed by atoms with Gasteiger partial charge in [-0.05, 0) is 30.5 Å². The molecule has 1 unspecified atom stereocenters. The van der Waals surface area contributed by atoms with Crippen LogP contribution in [0.1, 0.15) is 18.4 Å². The number of aliphatic carboxylic acids is 1. The number of nitrogens with one attached hydrogen (secondary N) is 1. The van der Waals surface area contributed by atoms with Gasteiger partial charge in [-0.2, -0.15) is 0 Å². The summed E-state index contributed by atoms with van der Waals surface area (Å²) in [6.45, 7) is 3.47. The molecule has 1 atom stereocenters. The van der Waals surface area contributed by atoms with Crippen LogP contribution in [0.4, 0.5) is 0 Å². The second kappa shape index (κ2) is 7.74. The molecule has 0 fully saturated rings. The molecule has 1 aromatic carbocycles. The second-order valence-electron chi connectivity index (χ2n) is 4.11. The monoisotopic (exact) mass is 325 g/mol. The van der Waals surface area contributed by atoms with E-state index in [0.717, 1.165) is 10.0 Å². The number of amides is 1. The minimum Gasteiger partial charge on any atom is -0.480 e. The molecule has 0 saturated heterocycles. The highest BCUT2D eigenvalue weighted by Gasteiger charge is 2.17. The first kappa shape index (κ1) is 15.4. The summed E-state index contributed by atoms with van der Waals surface area (Å²) in [6, 6.07) is 6.78. The SMILES string of the molecule is C=CCC(NC(=O)CCc1cccc(Br)c1)C(=O)O. The molecule has 1 aromatic rings. The Morgan fingerprint density at radius 2 is 2.21 bits per heavy atom. The van der Waals surface area contributed by atoms with Crippen molar-refractivity contribution < 1.29 is 14.7 Å². The third-order valence-corrected chi connectivity index (χ3v) is 3.06. The third kappa shape index (κ3) is 5.70. The minimum atomic E-state index is -1.05. The topological polar surface area (TPSA) is 66.4 Å². The Morgan fingerprint density at radius 1 is 1.47 bits per heavy atom. The molecule has 0 aliphatic carbocycles. The molecule has 0 bridgehead atoms. The summed E-state index contributed by atoms with van der Waals surface area (Å²) in [6.07, 6.45) is 2.54. The van der Waals surface area contributed by atoms with Crippen LogP contribution in [0.3, 0.4) is 0 Å². The highest BCUT2D eigenvalue weighted by atomic mass is 79.9. The van der Waals surface area contributed by atoms with Gasteiger partial charge in [-0.1, -0.05) is 34.1 Å². The zero-order chi connectivity index (χ0) is 14.3. The summed E-state index contributed by atoms with van der Waals surface area (Å²) in [4.78, 5) is 22.5. The van der Waals surface area contributed by atoms with E-state index in [1.807, 2.05) is 24.3 Å². The normalized spacial score (nSPS) is 11.6. The van der Waals surface area contributed by atoms with Gasteiger partial charge in [-0.3, -0.25) is 4.79 Å². The summed E-state index contributed by atoms with van der Waals surface area (Å²) in [5, 5.41) is 11.4. The first-order chi connectivity index (χ1) is 9.02. The number of carbonyl (C=O) groups excluding carboxylic acids is 1. The van der Waals surface area contributed by atoms with Gasteiger partial charge < -0.3 is 10.4 Å². The van der Waals surface area contributed by atoms with Gasteiger partial charge in [0, 0.05) is 10.9 Å². The van der Waals surface area contributed by atoms with E-state index in [4.69, 9.17) is 5.11 Å². The molecule has 0 aliphatic rings. The van der Waals surface area contributed by atoms with Crippen LogP contribution in [-0.2, 0) is 16.0 Å². The molecular formula is C14H16BrNO3. The Labute approximate surface area is 120 Å². The quantitative estimate of drug-likeness (QED) is 0.757. The Balaban J connectivity index is 2.46. The number of halogens is 1. The molecule has 0 saturated carbocycles. The number of hydrogen-bond donors (Lipinski definition) is 2. The highest BCUT2D eigenvalue weighted by Crippen LogP contribution is 2.13. The molecule has 0 aromatic heterocycles. The van der Waals surface area contributed by atoms with E-state index in [-0.39, 0.29) is 18.7 Å². The van der Waals surface area contributed by atoms with Crippen molar-refractivity contribution in [3.63, 3.8) is 0 Å². The molecule has 0 radical (unpaired) electrons. The fourth-order valence-corrected chi connectivity index (χ4v) is 2.05. The summed E-state index contributed by atoms with van der Waals surface area (Å²) < 4.78 is 0.959. The lowest BCUT2D eigenvalue weighted by Gasteiger charge is -2.12. The maximum atomic E-state index is 11.7. The van der Waals surface area contributed by atoms with E-state index in [2.05, 4.69) is 27.8 Å². The summed E-state index contributed by atoms with van der Waals surface area (Å²) in [7, 11) is 0. The predicted molar refractivity (Wildman–Crippen MR) is 76.8 cm³/mol. The van der Waals surface area contributed by atoms with Crippen molar-refractivity contribution >= 4 is 27.8 Å². The number of carbonyl (C=O) groups is 2. The molecule has 0 aliphatic heterocycles. The number of hydrogen-bond acceptors (Lipinski definition) is 2. The number of rotatable bonds is 7. The van der Waals surface area contributed by atoms with Crippen molar-refractivity contribution in [2.45, 2.75) is 25.3 Å².